The molecule has 0 aliphatic carbocycles. The molecule has 1 fully saturated rings. The quantitative estimate of drug-likeness (QED) is 0.791. The van der Waals surface area contributed by atoms with Crippen molar-refractivity contribution >= 4 is 17.3 Å². The van der Waals surface area contributed by atoms with Crippen molar-refractivity contribution in [3.8, 4) is 11.5 Å². The minimum absolute atomic E-state index is 0.0202. The Bertz CT molecular complexity index is 624. The molecule has 2 aliphatic heterocycles. The first-order chi connectivity index (χ1) is 11.3. The van der Waals surface area contributed by atoms with Crippen LogP contribution in [0.2, 0.25) is 0 Å². The van der Waals surface area contributed by atoms with Crippen molar-refractivity contribution in [3.05, 3.63) is 48.5 Å². The van der Waals surface area contributed by atoms with Gasteiger partial charge in [-0.3, -0.25) is 9.69 Å². The third-order valence-corrected chi connectivity index (χ3v) is 3.95. The molecule has 2 aliphatic rings. The molecule has 120 valence electrons. The molecule has 0 atom stereocenters. The van der Waals surface area contributed by atoms with Gasteiger partial charge in [0.25, 0.3) is 0 Å². The number of fused-ring (bicyclic) bond motifs is 2. The third-order valence-electron chi connectivity index (χ3n) is 3.95. The van der Waals surface area contributed by atoms with E-state index < -0.39 is 0 Å². The van der Waals surface area contributed by atoms with Gasteiger partial charge in [0.05, 0.1) is 11.4 Å². The number of piperidine rings is 1. The van der Waals surface area contributed by atoms with Gasteiger partial charge in [0, 0.05) is 6.92 Å². The summed E-state index contributed by atoms with van der Waals surface area (Å²) in [6.07, 6.45) is 4.22. The summed E-state index contributed by atoms with van der Waals surface area (Å²) in [5, 5.41) is 3.28. The molecule has 4 nitrogen and oxygen atoms in total. The SMILES string of the molecule is C1CCNCC1.CC(=O)N1c2ccccc2Oc2ccccc21. The number of benzene rings is 2. The van der Waals surface area contributed by atoms with Crippen LogP contribution in [0, 0.1) is 0 Å². The first kappa shape index (κ1) is 15.6. The number of nitrogens with one attached hydrogen (secondary N) is 1. The van der Waals surface area contributed by atoms with E-state index in [1.807, 2.05) is 48.5 Å². The van der Waals surface area contributed by atoms with E-state index in [1.165, 1.54) is 32.4 Å². The Hall–Kier alpha value is -2.33. The summed E-state index contributed by atoms with van der Waals surface area (Å²) in [5.41, 5.74) is 1.58. The summed E-state index contributed by atoms with van der Waals surface area (Å²) in [4.78, 5) is 13.5. The second kappa shape index (κ2) is 7.29. The molecular weight excluding hydrogens is 288 g/mol. The maximum Gasteiger partial charge on any atom is 0.228 e. The number of hydrogen-bond donors (Lipinski definition) is 1. The topological polar surface area (TPSA) is 41.6 Å². The number of ether oxygens (including phenoxy) is 1. The lowest BCUT2D eigenvalue weighted by Crippen LogP contribution is -2.25. The molecule has 0 spiro atoms. The Morgan fingerprint density at radius 2 is 1.43 bits per heavy atom. The summed E-state index contributed by atoms with van der Waals surface area (Å²) in [6.45, 7) is 4.05. The lowest BCUT2D eigenvalue weighted by atomic mass is 10.1. The second-order valence-electron chi connectivity index (χ2n) is 5.70. The molecule has 0 unspecified atom stereocenters. The van der Waals surface area contributed by atoms with Gasteiger partial charge < -0.3 is 10.1 Å². The zero-order chi connectivity index (χ0) is 16.1. The Kier molecular flexibility index (Phi) is 4.93. The number of nitrogens with zero attached hydrogens (tertiary/aromatic N) is 1. The monoisotopic (exact) mass is 310 g/mol. The molecule has 2 heterocycles. The molecule has 0 bridgehead atoms. The lowest BCUT2D eigenvalue weighted by molar-refractivity contribution is -0.115. The van der Waals surface area contributed by atoms with E-state index in [4.69, 9.17) is 4.74 Å². The molecule has 1 N–H and O–H groups in total. The summed E-state index contributed by atoms with van der Waals surface area (Å²) in [6, 6.07) is 15.1. The van der Waals surface area contributed by atoms with Crippen LogP contribution in [-0.4, -0.2) is 19.0 Å². The predicted octanol–water partition coefficient (Wildman–Crippen LogP) is 4.24. The van der Waals surface area contributed by atoms with Crippen LogP contribution in [0.3, 0.4) is 0 Å². The maximum absolute atomic E-state index is 11.8. The smallest absolute Gasteiger partial charge is 0.228 e. The van der Waals surface area contributed by atoms with Crippen molar-refractivity contribution in [1.29, 1.82) is 0 Å². The lowest BCUT2D eigenvalue weighted by Gasteiger charge is -2.30. The van der Waals surface area contributed by atoms with E-state index in [2.05, 4.69) is 5.32 Å². The highest BCUT2D eigenvalue weighted by atomic mass is 16.5. The summed E-state index contributed by atoms with van der Waals surface area (Å²) < 4.78 is 5.76. The summed E-state index contributed by atoms with van der Waals surface area (Å²) >= 11 is 0. The van der Waals surface area contributed by atoms with E-state index in [0.29, 0.717) is 11.5 Å². The largest absolute Gasteiger partial charge is 0.453 e. The van der Waals surface area contributed by atoms with Gasteiger partial charge in [0.15, 0.2) is 11.5 Å². The zero-order valence-electron chi connectivity index (χ0n) is 13.4. The van der Waals surface area contributed by atoms with Crippen molar-refractivity contribution in [3.63, 3.8) is 0 Å². The number of anilines is 2. The summed E-state index contributed by atoms with van der Waals surface area (Å²) in [5.74, 6) is 1.40. The van der Waals surface area contributed by atoms with E-state index in [0.717, 1.165) is 11.4 Å². The Morgan fingerprint density at radius 1 is 0.913 bits per heavy atom. The molecule has 4 heteroatoms. The highest BCUT2D eigenvalue weighted by Gasteiger charge is 2.26. The van der Waals surface area contributed by atoms with E-state index in [1.54, 1.807) is 11.8 Å². The van der Waals surface area contributed by atoms with Gasteiger partial charge in [-0.25, -0.2) is 0 Å². The molecular formula is C19H22N2O2. The number of rotatable bonds is 0. The second-order valence-corrected chi connectivity index (χ2v) is 5.70. The molecule has 1 amide bonds. The molecule has 0 aromatic heterocycles. The van der Waals surface area contributed by atoms with E-state index in [9.17, 15) is 4.79 Å². The fourth-order valence-electron chi connectivity index (χ4n) is 2.85. The molecule has 0 radical (unpaired) electrons. The minimum atomic E-state index is -0.0202. The van der Waals surface area contributed by atoms with Gasteiger partial charge >= 0.3 is 0 Å². The van der Waals surface area contributed by atoms with Crippen LogP contribution >= 0.6 is 0 Å². The van der Waals surface area contributed by atoms with Crippen molar-refractivity contribution < 1.29 is 9.53 Å². The molecule has 2 aromatic carbocycles. The maximum atomic E-state index is 11.8. The van der Waals surface area contributed by atoms with Crippen molar-refractivity contribution in [2.24, 2.45) is 0 Å². The normalized spacial score (nSPS) is 15.4. The average Bonchev–Trinajstić information content (AvgIpc) is 2.61. The van der Waals surface area contributed by atoms with Gasteiger partial charge in [-0.05, 0) is 50.2 Å². The van der Waals surface area contributed by atoms with Crippen molar-refractivity contribution in [2.45, 2.75) is 26.2 Å². The predicted molar refractivity (Wildman–Crippen MR) is 92.5 cm³/mol. The van der Waals surface area contributed by atoms with Crippen LogP contribution in [0.15, 0.2) is 48.5 Å². The number of hydrogen-bond acceptors (Lipinski definition) is 3. The standard InChI is InChI=1S/C14H11NO2.C5H11N/c1-10(16)15-11-6-2-4-8-13(11)17-14-9-5-3-7-12(14)15;1-2-4-6-5-3-1/h2-9H,1H3;6H,1-5H2. The van der Waals surface area contributed by atoms with Gasteiger partial charge in [-0.15, -0.1) is 0 Å². The van der Waals surface area contributed by atoms with Crippen LogP contribution in [-0.2, 0) is 4.79 Å². The van der Waals surface area contributed by atoms with Crippen molar-refractivity contribution in [2.75, 3.05) is 18.0 Å². The summed E-state index contributed by atoms with van der Waals surface area (Å²) in [7, 11) is 0. The Labute approximate surface area is 137 Å². The van der Waals surface area contributed by atoms with Crippen LogP contribution in [0.1, 0.15) is 26.2 Å². The first-order valence-corrected chi connectivity index (χ1v) is 8.15. The first-order valence-electron chi connectivity index (χ1n) is 8.15. The Balaban J connectivity index is 0.000000220. The third kappa shape index (κ3) is 3.54. The van der Waals surface area contributed by atoms with E-state index in [-0.39, 0.29) is 5.91 Å². The average molecular weight is 310 g/mol. The zero-order valence-corrected chi connectivity index (χ0v) is 13.4. The fraction of sp³-hybridized carbons (Fsp3) is 0.316. The van der Waals surface area contributed by atoms with Gasteiger partial charge in [0.1, 0.15) is 0 Å². The van der Waals surface area contributed by atoms with E-state index >= 15 is 0 Å². The minimum Gasteiger partial charge on any atom is -0.453 e. The van der Waals surface area contributed by atoms with Crippen LogP contribution in [0.25, 0.3) is 0 Å². The number of carbonyl (C=O) groups is 1. The van der Waals surface area contributed by atoms with Gasteiger partial charge in [-0.1, -0.05) is 30.7 Å². The molecule has 1 saturated heterocycles. The number of amides is 1. The van der Waals surface area contributed by atoms with Crippen LogP contribution in [0.4, 0.5) is 11.4 Å². The fourth-order valence-corrected chi connectivity index (χ4v) is 2.85. The van der Waals surface area contributed by atoms with Crippen LogP contribution < -0.4 is 15.0 Å². The number of para-hydroxylation sites is 4. The van der Waals surface area contributed by atoms with Gasteiger partial charge in [-0.2, -0.15) is 0 Å². The molecule has 0 saturated carbocycles. The highest BCUT2D eigenvalue weighted by molar-refractivity contribution is 6.03. The highest BCUT2D eigenvalue weighted by Crippen LogP contribution is 2.46. The number of carbonyl (C=O) groups excluding carboxylic acids is 1. The van der Waals surface area contributed by atoms with Gasteiger partial charge in [0.2, 0.25) is 5.91 Å². The van der Waals surface area contributed by atoms with Crippen LogP contribution in [0.5, 0.6) is 11.5 Å². The Morgan fingerprint density at radius 3 is 1.83 bits per heavy atom. The molecule has 4 rings (SSSR count). The van der Waals surface area contributed by atoms with Crippen molar-refractivity contribution in [1.82, 2.24) is 5.32 Å². The molecule has 23 heavy (non-hydrogen) atoms. The molecule has 2 aromatic rings.